The molecule has 8 nitrogen and oxygen atoms in total. The second kappa shape index (κ2) is 13.2. The van der Waals surface area contributed by atoms with E-state index in [0.717, 1.165) is 50.2 Å². The topological polar surface area (TPSA) is 98.4 Å². The number of hydrogen-bond acceptors (Lipinski definition) is 5. The van der Waals surface area contributed by atoms with Gasteiger partial charge in [-0.1, -0.05) is 42.5 Å². The van der Waals surface area contributed by atoms with Gasteiger partial charge in [0.15, 0.2) is 5.82 Å². The van der Waals surface area contributed by atoms with Crippen molar-refractivity contribution < 1.29 is 32.2 Å². The molecule has 232 valence electrons. The smallest absolute Gasteiger partial charge is 0.416 e. The number of ether oxygens (including phenoxy) is 1. The van der Waals surface area contributed by atoms with Gasteiger partial charge in [-0.25, -0.2) is 13.8 Å². The molecular weight excluding hydrogens is 592 g/mol. The summed E-state index contributed by atoms with van der Waals surface area (Å²) < 4.78 is 61.5. The number of aromatic nitrogens is 3. The maximum Gasteiger partial charge on any atom is 0.416 e. The van der Waals surface area contributed by atoms with Gasteiger partial charge in [-0.2, -0.15) is 17.9 Å². The minimum Gasteiger partial charge on any atom is -0.494 e. The number of nitrogens with one attached hydrogen (secondary N) is 1. The molecule has 0 atom stereocenters. The number of alkyl halides is 3. The molecule has 0 aliphatic rings. The Labute approximate surface area is 255 Å². The first-order valence-corrected chi connectivity index (χ1v) is 14.0. The standard InChI is InChI=1S/C33H28F4N4O4/c1-2-45-29-16-11-23(17-24(29)18-31(42)43)22-9-7-21(8-10-22)19-38-20-30-39-41(26-14-12-25(13-15-26)33(35,36)37)32(44)40(30)28-6-4-3-5-27(28)34/h3-17,38H,2,18-20H2,1H3,(H,42,43). The Bertz CT molecular complexity index is 1860. The number of carboxylic acids is 1. The summed E-state index contributed by atoms with van der Waals surface area (Å²) in [6.45, 7) is 2.64. The Morgan fingerprint density at radius 1 is 0.933 bits per heavy atom. The van der Waals surface area contributed by atoms with Gasteiger partial charge in [-0.05, 0) is 72.1 Å². The van der Waals surface area contributed by atoms with Gasteiger partial charge in [0.2, 0.25) is 0 Å². The Kier molecular flexibility index (Phi) is 9.14. The first-order chi connectivity index (χ1) is 21.5. The highest BCUT2D eigenvalue weighted by molar-refractivity contribution is 5.74. The first kappa shape index (κ1) is 31.2. The Hall–Kier alpha value is -5.23. The number of hydrogen-bond donors (Lipinski definition) is 2. The normalized spacial score (nSPS) is 11.5. The summed E-state index contributed by atoms with van der Waals surface area (Å²) in [6, 6.07) is 22.6. The van der Waals surface area contributed by atoms with Gasteiger partial charge in [0, 0.05) is 12.1 Å². The molecule has 5 rings (SSSR count). The molecule has 0 aliphatic heterocycles. The molecule has 45 heavy (non-hydrogen) atoms. The fourth-order valence-corrected chi connectivity index (χ4v) is 4.85. The lowest BCUT2D eigenvalue weighted by Gasteiger charge is -2.12. The fraction of sp³-hybridized carbons (Fsp3) is 0.182. The monoisotopic (exact) mass is 620 g/mol. The van der Waals surface area contributed by atoms with E-state index >= 15 is 0 Å². The average Bonchev–Trinajstić information content (AvgIpc) is 3.33. The third kappa shape index (κ3) is 7.13. The molecule has 0 fully saturated rings. The number of carboxylic acid groups (broad SMARTS) is 1. The molecule has 0 saturated heterocycles. The van der Waals surface area contributed by atoms with Crippen molar-refractivity contribution in [2.24, 2.45) is 0 Å². The molecule has 1 heterocycles. The lowest BCUT2D eigenvalue weighted by atomic mass is 10.00. The van der Waals surface area contributed by atoms with Crippen molar-refractivity contribution in [1.82, 2.24) is 19.7 Å². The van der Waals surface area contributed by atoms with Crippen LogP contribution in [0.4, 0.5) is 17.6 Å². The minimum absolute atomic E-state index is 0.0381. The maximum absolute atomic E-state index is 14.8. The maximum atomic E-state index is 14.8. The lowest BCUT2D eigenvalue weighted by Crippen LogP contribution is -2.25. The van der Waals surface area contributed by atoms with Crippen molar-refractivity contribution in [2.75, 3.05) is 6.61 Å². The van der Waals surface area contributed by atoms with Crippen molar-refractivity contribution in [1.29, 1.82) is 0 Å². The first-order valence-electron chi connectivity index (χ1n) is 14.0. The molecule has 0 bridgehead atoms. The van der Waals surface area contributed by atoms with E-state index in [4.69, 9.17) is 4.74 Å². The zero-order chi connectivity index (χ0) is 32.1. The van der Waals surface area contributed by atoms with Crippen LogP contribution in [0, 0.1) is 5.82 Å². The molecule has 0 spiro atoms. The molecule has 0 unspecified atom stereocenters. The van der Waals surface area contributed by atoms with E-state index in [2.05, 4.69) is 10.4 Å². The summed E-state index contributed by atoms with van der Waals surface area (Å²) in [4.78, 5) is 24.7. The third-order valence-electron chi connectivity index (χ3n) is 6.98. The number of carbonyl (C=O) groups is 1. The molecule has 0 amide bonds. The summed E-state index contributed by atoms with van der Waals surface area (Å²) in [7, 11) is 0. The second-order valence-corrected chi connectivity index (χ2v) is 10.1. The van der Waals surface area contributed by atoms with E-state index in [1.54, 1.807) is 18.2 Å². The van der Waals surface area contributed by atoms with Crippen LogP contribution < -0.4 is 15.7 Å². The van der Waals surface area contributed by atoms with Crippen LogP contribution in [0.2, 0.25) is 0 Å². The number of rotatable bonds is 11. The number of benzene rings is 4. The summed E-state index contributed by atoms with van der Waals surface area (Å²) >= 11 is 0. The van der Waals surface area contributed by atoms with Gasteiger partial charge >= 0.3 is 17.8 Å². The van der Waals surface area contributed by atoms with Crippen molar-refractivity contribution in [3.05, 3.63) is 130 Å². The lowest BCUT2D eigenvalue weighted by molar-refractivity contribution is -0.138. The molecule has 5 aromatic rings. The quantitative estimate of drug-likeness (QED) is 0.172. The summed E-state index contributed by atoms with van der Waals surface area (Å²) in [5.41, 5.74) is 1.61. The van der Waals surface area contributed by atoms with Crippen molar-refractivity contribution >= 4 is 5.97 Å². The minimum atomic E-state index is -4.54. The van der Waals surface area contributed by atoms with Crippen LogP contribution >= 0.6 is 0 Å². The highest BCUT2D eigenvalue weighted by Crippen LogP contribution is 2.30. The molecule has 0 aliphatic carbocycles. The van der Waals surface area contributed by atoms with Gasteiger partial charge in [-0.3, -0.25) is 4.79 Å². The number of halogens is 4. The summed E-state index contributed by atoms with van der Waals surface area (Å²) in [5, 5.41) is 16.8. The van der Waals surface area contributed by atoms with Crippen molar-refractivity contribution in [3.63, 3.8) is 0 Å². The Morgan fingerprint density at radius 2 is 1.62 bits per heavy atom. The van der Waals surface area contributed by atoms with E-state index in [1.165, 1.54) is 18.2 Å². The highest BCUT2D eigenvalue weighted by Gasteiger charge is 2.30. The molecule has 0 saturated carbocycles. The predicted octanol–water partition coefficient (Wildman–Crippen LogP) is 6.16. The number of aliphatic carboxylic acids is 1. The van der Waals surface area contributed by atoms with Crippen LogP contribution in [-0.4, -0.2) is 32.0 Å². The molecule has 1 aromatic heterocycles. The molecule has 4 aromatic carbocycles. The van der Waals surface area contributed by atoms with Crippen LogP contribution in [0.3, 0.4) is 0 Å². The van der Waals surface area contributed by atoms with Gasteiger partial charge in [-0.15, -0.1) is 5.10 Å². The SMILES string of the molecule is CCOc1ccc(-c2ccc(CNCc3nn(-c4ccc(C(F)(F)F)cc4)c(=O)n3-c3ccccc3F)cc2)cc1CC(=O)O. The van der Waals surface area contributed by atoms with Gasteiger partial charge in [0.1, 0.15) is 11.6 Å². The van der Waals surface area contributed by atoms with Crippen LogP contribution in [0.1, 0.15) is 29.4 Å². The Balaban J connectivity index is 1.36. The zero-order valence-corrected chi connectivity index (χ0v) is 24.0. The van der Waals surface area contributed by atoms with Gasteiger partial charge < -0.3 is 15.2 Å². The van der Waals surface area contributed by atoms with Crippen LogP contribution in [-0.2, 0) is 30.5 Å². The van der Waals surface area contributed by atoms with E-state index in [9.17, 15) is 32.3 Å². The highest BCUT2D eigenvalue weighted by atomic mass is 19.4. The zero-order valence-electron chi connectivity index (χ0n) is 24.0. The van der Waals surface area contributed by atoms with Crippen LogP contribution in [0.15, 0.2) is 95.8 Å². The largest absolute Gasteiger partial charge is 0.494 e. The number of para-hydroxylation sites is 1. The molecule has 2 N–H and O–H groups in total. The van der Waals surface area contributed by atoms with Gasteiger partial charge in [0.05, 0.1) is 36.5 Å². The second-order valence-electron chi connectivity index (χ2n) is 10.1. The molecule has 0 radical (unpaired) electrons. The summed E-state index contributed by atoms with van der Waals surface area (Å²) in [6.07, 6.45) is -4.71. The average molecular weight is 621 g/mol. The van der Waals surface area contributed by atoms with Crippen LogP contribution in [0.25, 0.3) is 22.5 Å². The van der Waals surface area contributed by atoms with E-state index in [-0.39, 0.29) is 30.2 Å². The summed E-state index contributed by atoms with van der Waals surface area (Å²) in [5.74, 6) is -0.940. The Morgan fingerprint density at radius 3 is 2.27 bits per heavy atom. The molecule has 12 heteroatoms. The van der Waals surface area contributed by atoms with E-state index in [0.29, 0.717) is 24.5 Å². The molecular formula is C33H28F4N4O4. The van der Waals surface area contributed by atoms with Crippen molar-refractivity contribution in [2.45, 2.75) is 32.6 Å². The van der Waals surface area contributed by atoms with E-state index < -0.39 is 29.2 Å². The third-order valence-corrected chi connectivity index (χ3v) is 6.98. The van der Waals surface area contributed by atoms with Crippen LogP contribution in [0.5, 0.6) is 5.75 Å². The number of nitrogens with zero attached hydrogens (tertiary/aromatic N) is 3. The van der Waals surface area contributed by atoms with Crippen molar-refractivity contribution in [3.8, 4) is 28.3 Å². The van der Waals surface area contributed by atoms with E-state index in [1.807, 2.05) is 37.3 Å². The fourth-order valence-electron chi connectivity index (χ4n) is 4.85. The predicted molar refractivity (Wildman–Crippen MR) is 159 cm³/mol. The van der Waals surface area contributed by atoms with Gasteiger partial charge in [0.25, 0.3) is 0 Å².